The molecule has 0 spiro atoms. The van der Waals surface area contributed by atoms with E-state index in [0.717, 1.165) is 4.57 Å². The van der Waals surface area contributed by atoms with Crippen LogP contribution in [0.4, 0.5) is 0 Å². The third-order valence-electron chi connectivity index (χ3n) is 3.19. The standard InChI is InChI=1S/C11H13N3O5/c1-6-3-14(10(18)13-9(6)17)8-2-7(16)11(4-12,5-15)19-8/h3,7-8,15-16H,2,5H2,1H3,(H,13,17,18). The lowest BCUT2D eigenvalue weighted by molar-refractivity contribution is -0.0925. The van der Waals surface area contributed by atoms with Gasteiger partial charge in [0, 0.05) is 18.2 Å². The van der Waals surface area contributed by atoms with Gasteiger partial charge < -0.3 is 14.9 Å². The molecule has 1 aromatic heterocycles. The van der Waals surface area contributed by atoms with Gasteiger partial charge in [0.05, 0.1) is 6.61 Å². The van der Waals surface area contributed by atoms with Crippen LogP contribution in [0.15, 0.2) is 15.8 Å². The fourth-order valence-corrected chi connectivity index (χ4v) is 2.00. The normalized spacial score (nSPS) is 30.2. The smallest absolute Gasteiger partial charge is 0.330 e. The number of aromatic nitrogens is 2. The Bertz CT molecular complexity index is 643. The van der Waals surface area contributed by atoms with Gasteiger partial charge in [0.15, 0.2) is 0 Å². The van der Waals surface area contributed by atoms with Crippen molar-refractivity contribution < 1.29 is 14.9 Å². The van der Waals surface area contributed by atoms with Crippen molar-refractivity contribution in [2.24, 2.45) is 0 Å². The first-order valence-electron chi connectivity index (χ1n) is 5.63. The fraction of sp³-hybridized carbons (Fsp3) is 0.545. The molecular formula is C11H13N3O5. The number of aromatic amines is 1. The summed E-state index contributed by atoms with van der Waals surface area (Å²) in [7, 11) is 0. The number of ether oxygens (including phenoxy) is 1. The molecule has 0 aromatic carbocycles. The third-order valence-corrected chi connectivity index (χ3v) is 3.19. The first-order chi connectivity index (χ1) is 8.93. The van der Waals surface area contributed by atoms with Crippen molar-refractivity contribution in [2.45, 2.75) is 31.3 Å². The topological polar surface area (TPSA) is 128 Å². The highest BCUT2D eigenvalue weighted by atomic mass is 16.6. The lowest BCUT2D eigenvalue weighted by atomic mass is 10.00. The fourth-order valence-electron chi connectivity index (χ4n) is 2.00. The lowest BCUT2D eigenvalue weighted by Gasteiger charge is -2.21. The molecule has 0 aliphatic carbocycles. The Kier molecular flexibility index (Phi) is 3.28. The Morgan fingerprint density at radius 1 is 1.68 bits per heavy atom. The van der Waals surface area contributed by atoms with Crippen LogP contribution in [0.2, 0.25) is 0 Å². The molecule has 3 N–H and O–H groups in total. The lowest BCUT2D eigenvalue weighted by Crippen LogP contribution is -2.41. The zero-order chi connectivity index (χ0) is 14.2. The first-order valence-corrected chi connectivity index (χ1v) is 5.63. The zero-order valence-corrected chi connectivity index (χ0v) is 10.2. The number of hydrogen-bond donors (Lipinski definition) is 3. The average Bonchev–Trinajstić information content (AvgIpc) is 2.71. The maximum absolute atomic E-state index is 11.7. The van der Waals surface area contributed by atoms with E-state index in [4.69, 9.17) is 15.1 Å². The van der Waals surface area contributed by atoms with Gasteiger partial charge in [-0.3, -0.25) is 14.3 Å². The van der Waals surface area contributed by atoms with Gasteiger partial charge in [0.25, 0.3) is 5.56 Å². The van der Waals surface area contributed by atoms with E-state index in [1.807, 2.05) is 0 Å². The molecule has 0 saturated carbocycles. The molecule has 0 bridgehead atoms. The number of H-pyrrole nitrogens is 1. The molecular weight excluding hydrogens is 254 g/mol. The van der Waals surface area contributed by atoms with Gasteiger partial charge in [0.1, 0.15) is 18.4 Å². The monoisotopic (exact) mass is 267 g/mol. The summed E-state index contributed by atoms with van der Waals surface area (Å²) >= 11 is 0. The summed E-state index contributed by atoms with van der Waals surface area (Å²) in [5.41, 5.74) is -2.64. The van der Waals surface area contributed by atoms with E-state index in [-0.39, 0.29) is 6.42 Å². The Hall–Kier alpha value is -1.95. The highest BCUT2D eigenvalue weighted by molar-refractivity contribution is 5.11. The summed E-state index contributed by atoms with van der Waals surface area (Å²) in [5.74, 6) is 0. The summed E-state index contributed by atoms with van der Waals surface area (Å²) in [4.78, 5) is 25.0. The molecule has 3 atom stereocenters. The molecule has 1 aliphatic rings. The number of rotatable bonds is 2. The zero-order valence-electron chi connectivity index (χ0n) is 10.2. The van der Waals surface area contributed by atoms with Crippen molar-refractivity contribution in [1.82, 2.24) is 9.55 Å². The quantitative estimate of drug-likeness (QED) is 0.590. The molecule has 1 aliphatic heterocycles. The predicted molar refractivity (Wildman–Crippen MR) is 62.2 cm³/mol. The van der Waals surface area contributed by atoms with Crippen LogP contribution in [0.1, 0.15) is 18.2 Å². The number of aliphatic hydroxyl groups is 2. The van der Waals surface area contributed by atoms with Gasteiger partial charge in [-0.15, -0.1) is 0 Å². The van der Waals surface area contributed by atoms with E-state index in [1.54, 1.807) is 6.07 Å². The van der Waals surface area contributed by atoms with Crippen LogP contribution in [0.3, 0.4) is 0 Å². The number of aliphatic hydroxyl groups excluding tert-OH is 2. The van der Waals surface area contributed by atoms with Crippen molar-refractivity contribution in [2.75, 3.05) is 6.61 Å². The molecule has 102 valence electrons. The first kappa shape index (κ1) is 13.5. The second kappa shape index (κ2) is 4.62. The number of aryl methyl sites for hydroxylation is 1. The van der Waals surface area contributed by atoms with Crippen LogP contribution in [-0.2, 0) is 4.74 Å². The summed E-state index contributed by atoms with van der Waals surface area (Å²) in [6, 6.07) is 1.71. The van der Waals surface area contributed by atoms with Gasteiger partial charge >= 0.3 is 5.69 Å². The molecule has 0 amide bonds. The number of nitriles is 1. The van der Waals surface area contributed by atoms with Gasteiger partial charge in [0.2, 0.25) is 5.60 Å². The average molecular weight is 267 g/mol. The maximum atomic E-state index is 11.7. The molecule has 2 rings (SSSR count). The van der Waals surface area contributed by atoms with Crippen molar-refractivity contribution >= 4 is 0 Å². The molecule has 0 radical (unpaired) electrons. The van der Waals surface area contributed by atoms with Gasteiger partial charge in [-0.05, 0) is 6.92 Å². The molecule has 2 heterocycles. The number of nitrogens with one attached hydrogen (secondary N) is 1. The Morgan fingerprint density at radius 2 is 2.37 bits per heavy atom. The van der Waals surface area contributed by atoms with Gasteiger partial charge in [-0.1, -0.05) is 0 Å². The number of nitrogens with zero attached hydrogens (tertiary/aromatic N) is 2. The van der Waals surface area contributed by atoms with Crippen LogP contribution >= 0.6 is 0 Å². The maximum Gasteiger partial charge on any atom is 0.330 e. The largest absolute Gasteiger partial charge is 0.392 e. The van der Waals surface area contributed by atoms with Crippen molar-refractivity contribution in [3.63, 3.8) is 0 Å². The summed E-state index contributed by atoms with van der Waals surface area (Å²) in [6.45, 7) is 0.835. The van der Waals surface area contributed by atoms with Crippen LogP contribution in [-0.4, -0.2) is 38.1 Å². The predicted octanol–water partition coefficient (Wildman–Crippen LogP) is -1.62. The second-order valence-corrected chi connectivity index (χ2v) is 4.46. The minimum absolute atomic E-state index is 0.0283. The summed E-state index contributed by atoms with van der Waals surface area (Å²) in [5, 5.41) is 27.9. The summed E-state index contributed by atoms with van der Waals surface area (Å²) in [6.07, 6.45) is -0.861. The van der Waals surface area contributed by atoms with Crippen LogP contribution < -0.4 is 11.2 Å². The van der Waals surface area contributed by atoms with Gasteiger partial charge in [-0.2, -0.15) is 5.26 Å². The van der Waals surface area contributed by atoms with E-state index >= 15 is 0 Å². The molecule has 3 unspecified atom stereocenters. The SMILES string of the molecule is Cc1cn(C2CC(O)C(C#N)(CO)O2)c(=O)[nH]c1=O. The van der Waals surface area contributed by atoms with E-state index < -0.39 is 35.8 Å². The van der Waals surface area contributed by atoms with Crippen molar-refractivity contribution in [1.29, 1.82) is 5.26 Å². The highest BCUT2D eigenvalue weighted by Gasteiger charge is 2.49. The third kappa shape index (κ3) is 2.08. The van der Waals surface area contributed by atoms with E-state index in [9.17, 15) is 14.7 Å². The van der Waals surface area contributed by atoms with Crippen molar-refractivity contribution in [3.8, 4) is 6.07 Å². The Balaban J connectivity index is 2.42. The Labute approximate surface area is 107 Å². The molecule has 1 fully saturated rings. The highest BCUT2D eigenvalue weighted by Crippen LogP contribution is 2.35. The van der Waals surface area contributed by atoms with Crippen LogP contribution in [0.25, 0.3) is 0 Å². The molecule has 1 aromatic rings. The van der Waals surface area contributed by atoms with Crippen LogP contribution in [0.5, 0.6) is 0 Å². The number of hydrogen-bond acceptors (Lipinski definition) is 6. The summed E-state index contributed by atoms with van der Waals surface area (Å²) < 4.78 is 6.39. The van der Waals surface area contributed by atoms with E-state index in [2.05, 4.69) is 4.98 Å². The molecule has 1 saturated heterocycles. The van der Waals surface area contributed by atoms with E-state index in [1.165, 1.54) is 13.1 Å². The minimum atomic E-state index is -1.74. The molecule has 8 nitrogen and oxygen atoms in total. The van der Waals surface area contributed by atoms with Crippen LogP contribution in [0, 0.1) is 18.3 Å². The second-order valence-electron chi connectivity index (χ2n) is 4.46. The molecule has 19 heavy (non-hydrogen) atoms. The van der Waals surface area contributed by atoms with Gasteiger partial charge in [-0.25, -0.2) is 4.79 Å². The molecule has 8 heteroatoms. The van der Waals surface area contributed by atoms with E-state index in [0.29, 0.717) is 5.56 Å². The Morgan fingerprint density at radius 3 is 2.89 bits per heavy atom. The van der Waals surface area contributed by atoms with Crippen molar-refractivity contribution in [3.05, 3.63) is 32.6 Å². The minimum Gasteiger partial charge on any atom is -0.392 e.